The largest absolute Gasteiger partial charge is 0.481 e. The predicted molar refractivity (Wildman–Crippen MR) is 130 cm³/mol. The summed E-state index contributed by atoms with van der Waals surface area (Å²) in [6, 6.07) is 0. The third-order valence-corrected chi connectivity index (χ3v) is 8.72. The second-order valence-corrected chi connectivity index (χ2v) is 11.3. The van der Waals surface area contributed by atoms with Crippen molar-refractivity contribution in [1.29, 1.82) is 0 Å². The maximum atomic E-state index is 13.4. The Morgan fingerprint density at radius 3 is 1.03 bits per heavy atom. The molecule has 0 amide bonds. The van der Waals surface area contributed by atoms with E-state index >= 15 is 0 Å². The zero-order valence-corrected chi connectivity index (χ0v) is 21.4. The number of rotatable bonds is 7. The van der Waals surface area contributed by atoms with Crippen LogP contribution in [0.4, 0.5) is 0 Å². The summed E-state index contributed by atoms with van der Waals surface area (Å²) >= 11 is 0. The maximum Gasteiger partial charge on any atom is 0.310 e. The number of hydrogen-bond acceptors (Lipinski definition) is 7. The highest BCUT2D eigenvalue weighted by Gasteiger charge is 2.51. The molecule has 36 heavy (non-hydrogen) atoms. The van der Waals surface area contributed by atoms with Crippen LogP contribution in [0, 0.1) is 23.7 Å². The Bertz CT molecular complexity index is 776. The fraction of sp³-hybridized carbons (Fsp3) is 0.857. The fourth-order valence-electron chi connectivity index (χ4n) is 6.56. The lowest BCUT2D eigenvalue weighted by molar-refractivity contribution is -0.180. The van der Waals surface area contributed by atoms with Gasteiger partial charge >= 0.3 is 23.9 Å². The number of carbonyl (C=O) groups is 4. The molecule has 4 fully saturated rings. The van der Waals surface area contributed by atoms with Crippen molar-refractivity contribution in [3.63, 3.8) is 0 Å². The van der Waals surface area contributed by atoms with Gasteiger partial charge in [-0.25, -0.2) is 0 Å². The van der Waals surface area contributed by atoms with Crippen molar-refractivity contribution >= 4 is 23.9 Å². The van der Waals surface area contributed by atoms with Gasteiger partial charge in [0.15, 0.2) is 0 Å². The van der Waals surface area contributed by atoms with Crippen molar-refractivity contribution < 1.29 is 38.5 Å². The first-order chi connectivity index (χ1) is 17.4. The van der Waals surface area contributed by atoms with E-state index in [2.05, 4.69) is 0 Å². The molecule has 4 aliphatic carbocycles. The summed E-state index contributed by atoms with van der Waals surface area (Å²) in [6.45, 7) is 0. The van der Waals surface area contributed by atoms with Crippen LogP contribution in [0.5, 0.6) is 0 Å². The van der Waals surface area contributed by atoms with Gasteiger partial charge in [0.25, 0.3) is 0 Å². The molecule has 8 nitrogen and oxygen atoms in total. The highest BCUT2D eigenvalue weighted by molar-refractivity contribution is 5.87. The molecule has 202 valence electrons. The second kappa shape index (κ2) is 12.9. The summed E-state index contributed by atoms with van der Waals surface area (Å²) < 4.78 is 17.4. The molecule has 0 aromatic carbocycles. The summed E-state index contributed by atoms with van der Waals surface area (Å²) in [5.74, 6) is -6.65. The Hall–Kier alpha value is -2.12. The number of esters is 3. The quantitative estimate of drug-likeness (QED) is 0.381. The third kappa shape index (κ3) is 7.00. The van der Waals surface area contributed by atoms with Crippen LogP contribution in [0.2, 0.25) is 0 Å². The van der Waals surface area contributed by atoms with Crippen LogP contribution in [-0.2, 0) is 33.4 Å². The number of aliphatic carboxylic acids is 1. The molecular formula is C28H42O8. The van der Waals surface area contributed by atoms with Gasteiger partial charge in [-0.05, 0) is 89.9 Å². The zero-order valence-electron chi connectivity index (χ0n) is 21.4. The van der Waals surface area contributed by atoms with Crippen LogP contribution in [0.15, 0.2) is 0 Å². The average Bonchev–Trinajstić information content (AvgIpc) is 2.89. The van der Waals surface area contributed by atoms with Gasteiger partial charge in [-0.15, -0.1) is 0 Å². The number of ether oxygens (including phenoxy) is 3. The van der Waals surface area contributed by atoms with Crippen molar-refractivity contribution in [3.8, 4) is 0 Å². The van der Waals surface area contributed by atoms with Gasteiger partial charge in [0.05, 0.1) is 23.7 Å². The summed E-state index contributed by atoms with van der Waals surface area (Å²) in [4.78, 5) is 52.1. The van der Waals surface area contributed by atoms with E-state index < -0.39 is 47.5 Å². The van der Waals surface area contributed by atoms with Crippen LogP contribution in [0.1, 0.15) is 109 Å². The van der Waals surface area contributed by atoms with E-state index in [1.54, 1.807) is 0 Å². The normalized spacial score (nSPS) is 30.8. The van der Waals surface area contributed by atoms with Gasteiger partial charge in [0, 0.05) is 0 Å². The van der Waals surface area contributed by atoms with Gasteiger partial charge < -0.3 is 19.3 Å². The molecule has 1 N–H and O–H groups in total. The molecule has 0 aromatic heterocycles. The molecule has 4 saturated carbocycles. The molecule has 4 rings (SSSR count). The van der Waals surface area contributed by atoms with Gasteiger partial charge in [0.1, 0.15) is 18.3 Å². The van der Waals surface area contributed by atoms with Crippen molar-refractivity contribution in [2.45, 2.75) is 127 Å². The lowest BCUT2D eigenvalue weighted by Gasteiger charge is -2.38. The Labute approximate surface area is 213 Å². The van der Waals surface area contributed by atoms with E-state index in [4.69, 9.17) is 14.2 Å². The lowest BCUT2D eigenvalue weighted by atomic mass is 9.68. The fourth-order valence-corrected chi connectivity index (χ4v) is 6.56. The first-order valence-corrected chi connectivity index (χ1v) is 14.3. The second-order valence-electron chi connectivity index (χ2n) is 11.3. The average molecular weight is 507 g/mol. The smallest absolute Gasteiger partial charge is 0.310 e. The van der Waals surface area contributed by atoms with Gasteiger partial charge in [0.2, 0.25) is 0 Å². The highest BCUT2D eigenvalue weighted by Crippen LogP contribution is 2.42. The van der Waals surface area contributed by atoms with Crippen LogP contribution in [0.3, 0.4) is 0 Å². The number of hydrogen-bond donors (Lipinski definition) is 1. The molecule has 0 aromatic rings. The summed E-state index contributed by atoms with van der Waals surface area (Å²) in [5, 5.41) is 9.99. The molecule has 0 saturated heterocycles. The molecule has 0 bridgehead atoms. The van der Waals surface area contributed by atoms with Crippen LogP contribution in [-0.4, -0.2) is 47.3 Å². The van der Waals surface area contributed by atoms with Crippen LogP contribution in [0.25, 0.3) is 0 Å². The Kier molecular flexibility index (Phi) is 9.66. The molecular weight excluding hydrogens is 464 g/mol. The molecule has 0 aliphatic heterocycles. The van der Waals surface area contributed by atoms with Gasteiger partial charge in [-0.1, -0.05) is 19.3 Å². The minimum absolute atomic E-state index is 0.0570. The molecule has 0 heterocycles. The lowest BCUT2D eigenvalue weighted by Crippen LogP contribution is -2.47. The SMILES string of the molecule is O=C(O)C1CC(C(=O)OC2CCCCC2)C(C(=O)OC2CCCCC2)CC1C(=O)OC1CCCCC1. The van der Waals surface area contributed by atoms with E-state index in [1.165, 1.54) is 0 Å². The summed E-state index contributed by atoms with van der Waals surface area (Å²) in [6.07, 6.45) is 13.2. The van der Waals surface area contributed by atoms with E-state index in [0.29, 0.717) is 0 Å². The van der Waals surface area contributed by atoms with E-state index in [9.17, 15) is 24.3 Å². The Morgan fingerprint density at radius 2 is 0.722 bits per heavy atom. The molecule has 8 heteroatoms. The predicted octanol–water partition coefficient (Wildman–Crippen LogP) is 4.96. The standard InChI is InChI=1S/C28H42O8/c29-25(30)21-16-23(27(32)35-19-12-6-2-7-13-19)24(28(33)36-20-14-8-3-9-15-20)17-22(21)26(31)34-18-10-4-1-5-11-18/h18-24H,1-17H2,(H,29,30). The Balaban J connectivity index is 1.50. The van der Waals surface area contributed by atoms with Gasteiger partial charge in [-0.3, -0.25) is 19.2 Å². The van der Waals surface area contributed by atoms with Crippen LogP contribution >= 0.6 is 0 Å². The molecule has 0 spiro atoms. The van der Waals surface area contributed by atoms with E-state index in [0.717, 1.165) is 96.3 Å². The summed E-state index contributed by atoms with van der Waals surface area (Å²) in [7, 11) is 0. The molecule has 0 radical (unpaired) electrons. The highest BCUT2D eigenvalue weighted by atomic mass is 16.6. The first-order valence-electron chi connectivity index (χ1n) is 14.3. The van der Waals surface area contributed by atoms with Crippen LogP contribution < -0.4 is 0 Å². The number of carboxylic acid groups (broad SMARTS) is 1. The molecule has 4 aliphatic rings. The first kappa shape index (κ1) is 26.9. The zero-order chi connectivity index (χ0) is 25.5. The van der Waals surface area contributed by atoms with Crippen molar-refractivity contribution in [2.24, 2.45) is 23.7 Å². The summed E-state index contributed by atoms with van der Waals surface area (Å²) in [5.41, 5.74) is 0. The van der Waals surface area contributed by atoms with E-state index in [1.807, 2.05) is 0 Å². The van der Waals surface area contributed by atoms with Crippen molar-refractivity contribution in [3.05, 3.63) is 0 Å². The minimum Gasteiger partial charge on any atom is -0.481 e. The van der Waals surface area contributed by atoms with E-state index in [-0.39, 0.29) is 31.2 Å². The monoisotopic (exact) mass is 506 g/mol. The van der Waals surface area contributed by atoms with Crippen molar-refractivity contribution in [1.82, 2.24) is 0 Å². The maximum absolute atomic E-state index is 13.4. The number of carbonyl (C=O) groups excluding carboxylic acids is 3. The Morgan fingerprint density at radius 1 is 0.444 bits per heavy atom. The minimum atomic E-state index is -1.14. The van der Waals surface area contributed by atoms with Gasteiger partial charge in [-0.2, -0.15) is 0 Å². The van der Waals surface area contributed by atoms with Crippen molar-refractivity contribution in [2.75, 3.05) is 0 Å². The molecule has 4 atom stereocenters. The molecule has 4 unspecified atom stereocenters. The third-order valence-electron chi connectivity index (χ3n) is 8.72. The number of carboxylic acids is 1. The topological polar surface area (TPSA) is 116 Å².